The summed E-state index contributed by atoms with van der Waals surface area (Å²) >= 11 is 0. The van der Waals surface area contributed by atoms with Crippen molar-refractivity contribution < 1.29 is 19.0 Å². The molecule has 0 saturated heterocycles. The normalized spacial score (nSPS) is 13.3. The van der Waals surface area contributed by atoms with Gasteiger partial charge in [-0.05, 0) is 29.0 Å². The molecular formula is C20H15NO4. The zero-order valence-corrected chi connectivity index (χ0v) is 13.8. The van der Waals surface area contributed by atoms with Gasteiger partial charge in [0.2, 0.25) is 5.69 Å². The summed E-state index contributed by atoms with van der Waals surface area (Å²) in [5, 5.41) is 14.5. The van der Waals surface area contributed by atoms with Crippen LogP contribution in [0.5, 0.6) is 11.5 Å². The molecule has 0 atom stereocenters. The first-order valence-corrected chi connectivity index (χ1v) is 7.78. The molecule has 0 aromatic heterocycles. The lowest BCUT2D eigenvalue weighted by molar-refractivity contribution is -0.355. The number of carbonyl (C=O) groups is 1. The molecule has 5 heteroatoms. The number of ketones is 1. The standard InChI is InChI=1S/C20H15NO4/c1-24-14-9-13(10-15(11-14)25-2)19-20(22)18-16-6-4-3-5-12(16)7-8-17(18)21(19)23/h3-11H,1-2H3. The summed E-state index contributed by atoms with van der Waals surface area (Å²) in [5.41, 5.74) is 1.34. The Morgan fingerprint density at radius 3 is 2.28 bits per heavy atom. The number of Topliss-reactive ketones (excluding diaryl/α,β-unsaturated/α-hetero) is 1. The molecular weight excluding hydrogens is 318 g/mol. The van der Waals surface area contributed by atoms with Gasteiger partial charge in [0.1, 0.15) is 17.1 Å². The van der Waals surface area contributed by atoms with Crippen molar-refractivity contribution >= 4 is 28.0 Å². The average Bonchev–Trinajstić information content (AvgIpc) is 2.92. The lowest BCUT2D eigenvalue weighted by Crippen LogP contribution is -2.17. The maximum absolute atomic E-state index is 13.1. The highest BCUT2D eigenvalue weighted by Crippen LogP contribution is 2.35. The van der Waals surface area contributed by atoms with Gasteiger partial charge in [0.05, 0.1) is 19.8 Å². The third-order valence-electron chi connectivity index (χ3n) is 4.40. The molecule has 0 aliphatic carbocycles. The fourth-order valence-electron chi connectivity index (χ4n) is 3.19. The Morgan fingerprint density at radius 2 is 1.60 bits per heavy atom. The van der Waals surface area contributed by atoms with Crippen molar-refractivity contribution in [2.45, 2.75) is 0 Å². The molecule has 3 aromatic carbocycles. The van der Waals surface area contributed by atoms with Gasteiger partial charge in [0.15, 0.2) is 0 Å². The van der Waals surface area contributed by atoms with E-state index in [0.717, 1.165) is 10.8 Å². The predicted molar refractivity (Wildman–Crippen MR) is 95.2 cm³/mol. The van der Waals surface area contributed by atoms with Crippen molar-refractivity contribution in [3.8, 4) is 11.5 Å². The number of hydrogen-bond donors (Lipinski definition) is 0. The van der Waals surface area contributed by atoms with E-state index >= 15 is 0 Å². The first kappa shape index (κ1) is 15.2. The highest BCUT2D eigenvalue weighted by Gasteiger charge is 2.38. The zero-order chi connectivity index (χ0) is 17.6. The molecule has 5 nitrogen and oxygen atoms in total. The number of carbonyl (C=O) groups excluding carboxylic acids is 1. The molecule has 0 saturated carbocycles. The van der Waals surface area contributed by atoms with Gasteiger partial charge < -0.3 is 14.7 Å². The van der Waals surface area contributed by atoms with Crippen LogP contribution in [-0.2, 0) is 0 Å². The van der Waals surface area contributed by atoms with Crippen molar-refractivity contribution in [2.75, 3.05) is 14.2 Å². The Bertz CT molecular complexity index is 1030. The van der Waals surface area contributed by atoms with E-state index in [2.05, 4.69) is 0 Å². The monoisotopic (exact) mass is 333 g/mol. The molecule has 0 amide bonds. The predicted octanol–water partition coefficient (Wildman–Crippen LogP) is 3.68. The van der Waals surface area contributed by atoms with Gasteiger partial charge in [0, 0.05) is 12.1 Å². The topological polar surface area (TPSA) is 61.6 Å². The van der Waals surface area contributed by atoms with Gasteiger partial charge in [-0.3, -0.25) is 4.79 Å². The first-order chi connectivity index (χ1) is 12.1. The van der Waals surface area contributed by atoms with Crippen LogP contribution in [0.1, 0.15) is 15.9 Å². The summed E-state index contributed by atoms with van der Waals surface area (Å²) in [5.74, 6) is 0.741. The molecule has 0 fully saturated rings. The van der Waals surface area contributed by atoms with Crippen LogP contribution in [0, 0.1) is 5.21 Å². The van der Waals surface area contributed by atoms with E-state index < -0.39 is 0 Å². The second kappa shape index (κ2) is 5.63. The van der Waals surface area contributed by atoms with E-state index in [4.69, 9.17) is 9.47 Å². The molecule has 4 rings (SSSR count). The van der Waals surface area contributed by atoms with Crippen molar-refractivity contribution in [3.63, 3.8) is 0 Å². The van der Waals surface area contributed by atoms with Gasteiger partial charge in [0.25, 0.3) is 11.5 Å². The minimum Gasteiger partial charge on any atom is -0.618 e. The highest BCUT2D eigenvalue weighted by atomic mass is 16.5. The molecule has 0 bridgehead atoms. The molecule has 1 heterocycles. The fraction of sp³-hybridized carbons (Fsp3) is 0.100. The van der Waals surface area contributed by atoms with Crippen LogP contribution in [0.4, 0.5) is 5.69 Å². The quantitative estimate of drug-likeness (QED) is 0.542. The molecule has 124 valence electrons. The van der Waals surface area contributed by atoms with Crippen LogP contribution >= 0.6 is 0 Å². The minimum absolute atomic E-state index is 0.0727. The summed E-state index contributed by atoms with van der Waals surface area (Å²) in [6.45, 7) is 0. The number of nitrogens with zero attached hydrogens (tertiary/aromatic N) is 1. The third kappa shape index (κ3) is 2.24. The molecule has 0 radical (unpaired) electrons. The zero-order valence-electron chi connectivity index (χ0n) is 13.8. The second-order valence-electron chi connectivity index (χ2n) is 5.75. The molecule has 3 aromatic rings. The second-order valence-corrected chi connectivity index (χ2v) is 5.75. The molecule has 0 spiro atoms. The average molecular weight is 333 g/mol. The molecule has 25 heavy (non-hydrogen) atoms. The van der Waals surface area contributed by atoms with Crippen molar-refractivity contribution in [2.24, 2.45) is 0 Å². The Kier molecular flexibility index (Phi) is 3.42. The van der Waals surface area contributed by atoms with Crippen LogP contribution < -0.4 is 9.47 Å². The molecule has 0 unspecified atom stereocenters. The summed E-state index contributed by atoms with van der Waals surface area (Å²) in [6, 6.07) is 16.1. The summed E-state index contributed by atoms with van der Waals surface area (Å²) in [7, 11) is 3.05. The lowest BCUT2D eigenvalue weighted by atomic mass is 9.97. The number of ether oxygens (including phenoxy) is 2. The Hall–Kier alpha value is -3.34. The lowest BCUT2D eigenvalue weighted by Gasteiger charge is -2.07. The van der Waals surface area contributed by atoms with Crippen LogP contribution in [0.25, 0.3) is 10.8 Å². The largest absolute Gasteiger partial charge is 0.618 e. The molecule has 1 aliphatic heterocycles. The van der Waals surface area contributed by atoms with Crippen LogP contribution in [0.3, 0.4) is 0 Å². The van der Waals surface area contributed by atoms with Crippen LogP contribution in [-0.4, -0.2) is 30.5 Å². The van der Waals surface area contributed by atoms with Crippen molar-refractivity contribution in [1.82, 2.24) is 0 Å². The highest BCUT2D eigenvalue weighted by molar-refractivity contribution is 6.54. The minimum atomic E-state index is -0.294. The Morgan fingerprint density at radius 1 is 0.920 bits per heavy atom. The Balaban J connectivity index is 1.94. The maximum atomic E-state index is 13.1. The van der Waals surface area contributed by atoms with Gasteiger partial charge in [-0.15, -0.1) is 0 Å². The number of fused-ring (bicyclic) bond motifs is 3. The van der Waals surface area contributed by atoms with Gasteiger partial charge >= 0.3 is 0 Å². The van der Waals surface area contributed by atoms with E-state index in [1.165, 1.54) is 14.2 Å². The van der Waals surface area contributed by atoms with Gasteiger partial charge in [-0.1, -0.05) is 24.3 Å². The fourth-order valence-corrected chi connectivity index (χ4v) is 3.19. The summed E-state index contributed by atoms with van der Waals surface area (Å²) in [4.78, 5) is 13.1. The number of benzene rings is 3. The van der Waals surface area contributed by atoms with Crippen LogP contribution in [0.2, 0.25) is 0 Å². The maximum Gasteiger partial charge on any atom is 0.273 e. The number of methoxy groups -OCH3 is 2. The van der Waals surface area contributed by atoms with Crippen LogP contribution in [0.15, 0.2) is 54.6 Å². The number of rotatable bonds is 3. The summed E-state index contributed by atoms with van der Waals surface area (Å²) in [6.07, 6.45) is 0. The van der Waals surface area contributed by atoms with E-state index in [0.29, 0.717) is 33.1 Å². The smallest absolute Gasteiger partial charge is 0.273 e. The van der Waals surface area contributed by atoms with E-state index in [1.807, 2.05) is 30.3 Å². The van der Waals surface area contributed by atoms with Crippen molar-refractivity contribution in [1.29, 1.82) is 0 Å². The van der Waals surface area contributed by atoms with Crippen molar-refractivity contribution in [3.05, 3.63) is 70.9 Å². The van der Waals surface area contributed by atoms with Gasteiger partial charge in [-0.2, -0.15) is 4.74 Å². The SMILES string of the molecule is COc1cc(OC)cc(C2=[N+]([O-])c3ccc4ccccc4c3C2=O)c1. The van der Waals surface area contributed by atoms with E-state index in [1.54, 1.807) is 24.3 Å². The molecule has 1 aliphatic rings. The van der Waals surface area contributed by atoms with E-state index in [9.17, 15) is 10.0 Å². The molecule has 0 N–H and O–H groups in total. The van der Waals surface area contributed by atoms with E-state index in [-0.39, 0.29) is 11.5 Å². The third-order valence-corrected chi connectivity index (χ3v) is 4.40. The summed E-state index contributed by atoms with van der Waals surface area (Å²) < 4.78 is 11.2. The first-order valence-electron chi connectivity index (χ1n) is 7.78. The van der Waals surface area contributed by atoms with Gasteiger partial charge in [-0.25, -0.2) is 0 Å². The number of hydrogen-bond acceptors (Lipinski definition) is 4. The Labute approximate surface area is 144 Å².